The van der Waals surface area contributed by atoms with Crippen LogP contribution in [0.5, 0.6) is 5.75 Å². The van der Waals surface area contributed by atoms with E-state index in [1.54, 1.807) is 50.3 Å². The van der Waals surface area contributed by atoms with Crippen molar-refractivity contribution in [3.8, 4) is 5.75 Å². The normalized spacial score (nSPS) is 15.5. The van der Waals surface area contributed by atoms with E-state index >= 15 is 0 Å². The monoisotopic (exact) mass is 480 g/mol. The molecule has 0 bridgehead atoms. The summed E-state index contributed by atoms with van der Waals surface area (Å²) >= 11 is 1.10. The number of hydrogen-bond donors (Lipinski definition) is 0. The van der Waals surface area contributed by atoms with Crippen LogP contribution in [-0.4, -0.2) is 23.1 Å². The van der Waals surface area contributed by atoms with Gasteiger partial charge in [-0.05, 0) is 32.1 Å². The lowest BCUT2D eigenvalue weighted by Gasteiger charge is -2.24. The predicted octanol–water partition coefficient (Wildman–Crippen LogP) is 2.86. The summed E-state index contributed by atoms with van der Waals surface area (Å²) in [5, 5.41) is 0. The van der Waals surface area contributed by atoms with Crippen molar-refractivity contribution in [1.82, 2.24) is 4.57 Å². The molecule has 0 spiro atoms. The first-order valence-corrected chi connectivity index (χ1v) is 11.3. The Kier molecular flexibility index (Phi) is 6.56. The number of para-hydroxylation sites is 1. The zero-order valence-electron chi connectivity index (χ0n) is 18.7. The highest BCUT2D eigenvalue weighted by Gasteiger charge is 2.34. The van der Waals surface area contributed by atoms with Crippen LogP contribution in [0.15, 0.2) is 69.6 Å². The van der Waals surface area contributed by atoms with E-state index in [1.165, 1.54) is 29.7 Å². The quantitative estimate of drug-likeness (QED) is 0.414. The van der Waals surface area contributed by atoms with Crippen LogP contribution in [0, 0.1) is 5.82 Å². The van der Waals surface area contributed by atoms with Gasteiger partial charge in [0.15, 0.2) is 4.80 Å². The lowest BCUT2D eigenvalue weighted by atomic mass is 9.95. The molecular weight excluding hydrogens is 459 g/mol. The molecule has 0 N–H and O–H groups in total. The highest BCUT2D eigenvalue weighted by atomic mass is 32.1. The summed E-state index contributed by atoms with van der Waals surface area (Å²) in [6.45, 7) is 4.71. The molecule has 2 aromatic carbocycles. The number of benzene rings is 2. The number of nitrogens with zero attached hydrogens (tertiary/aromatic N) is 2. The van der Waals surface area contributed by atoms with E-state index < -0.39 is 29.4 Å². The molecule has 0 saturated carbocycles. The summed E-state index contributed by atoms with van der Waals surface area (Å²) < 4.78 is 26.9. The number of rotatable bonds is 5. The third kappa shape index (κ3) is 4.34. The highest BCUT2D eigenvalue weighted by molar-refractivity contribution is 7.07. The Labute approximate surface area is 198 Å². The zero-order chi connectivity index (χ0) is 24.4. The predicted molar refractivity (Wildman–Crippen MR) is 125 cm³/mol. The SMILES string of the molecule is CCOC(=O)C1=C(C)N=c2s/c(=C\c3ccccc3OC(C)=O)c(=O)n2[C@H]1c1ccccc1F. The molecule has 174 valence electrons. The van der Waals surface area contributed by atoms with Gasteiger partial charge in [0.05, 0.1) is 22.4 Å². The number of ether oxygens (including phenoxy) is 2. The van der Waals surface area contributed by atoms with E-state index in [1.807, 2.05) is 0 Å². The van der Waals surface area contributed by atoms with Gasteiger partial charge in [0.25, 0.3) is 5.56 Å². The molecule has 0 radical (unpaired) electrons. The molecule has 0 unspecified atom stereocenters. The Hall–Kier alpha value is -3.85. The molecule has 3 aromatic rings. The molecule has 1 aromatic heterocycles. The summed E-state index contributed by atoms with van der Waals surface area (Å²) in [5.41, 5.74) is 0.675. The van der Waals surface area contributed by atoms with E-state index in [2.05, 4.69) is 4.99 Å². The fourth-order valence-corrected chi connectivity index (χ4v) is 4.81. The Morgan fingerprint density at radius 2 is 1.88 bits per heavy atom. The van der Waals surface area contributed by atoms with Gasteiger partial charge >= 0.3 is 11.9 Å². The number of carbonyl (C=O) groups excluding carboxylic acids is 2. The summed E-state index contributed by atoms with van der Waals surface area (Å²) in [6.07, 6.45) is 1.59. The van der Waals surface area contributed by atoms with E-state index in [0.29, 0.717) is 21.8 Å². The van der Waals surface area contributed by atoms with Gasteiger partial charge in [-0.2, -0.15) is 0 Å². The van der Waals surface area contributed by atoms with E-state index in [9.17, 15) is 18.8 Å². The molecular formula is C25H21FN2O5S. The van der Waals surface area contributed by atoms with Crippen molar-refractivity contribution in [3.05, 3.63) is 96.4 Å². The van der Waals surface area contributed by atoms with Crippen LogP contribution < -0.4 is 19.6 Å². The Balaban J connectivity index is 1.97. The largest absolute Gasteiger partial charge is 0.463 e. The molecule has 9 heteroatoms. The number of aromatic nitrogens is 1. The summed E-state index contributed by atoms with van der Waals surface area (Å²) in [6, 6.07) is 11.7. The van der Waals surface area contributed by atoms with Crippen LogP contribution in [0.3, 0.4) is 0 Å². The average molecular weight is 481 g/mol. The molecule has 34 heavy (non-hydrogen) atoms. The summed E-state index contributed by atoms with van der Waals surface area (Å²) in [7, 11) is 0. The van der Waals surface area contributed by atoms with Crippen LogP contribution in [0.2, 0.25) is 0 Å². The number of esters is 2. The van der Waals surface area contributed by atoms with Crippen molar-refractivity contribution >= 4 is 29.4 Å². The maximum atomic E-state index is 14.9. The second-order valence-corrected chi connectivity index (χ2v) is 8.46. The van der Waals surface area contributed by atoms with Crippen molar-refractivity contribution < 1.29 is 23.5 Å². The van der Waals surface area contributed by atoms with Gasteiger partial charge in [0, 0.05) is 18.1 Å². The standard InChI is InChI=1S/C25H21FN2O5S/c1-4-32-24(31)21-14(2)27-25-28(22(21)17-10-6-7-11-18(17)26)23(30)20(34-25)13-16-9-5-8-12-19(16)33-15(3)29/h5-13,22H,4H2,1-3H3/b20-13-/t22-/m0/s1. The Morgan fingerprint density at radius 3 is 2.59 bits per heavy atom. The third-order valence-electron chi connectivity index (χ3n) is 5.18. The molecule has 7 nitrogen and oxygen atoms in total. The van der Waals surface area contributed by atoms with Crippen molar-refractivity contribution in [2.24, 2.45) is 4.99 Å². The third-order valence-corrected chi connectivity index (χ3v) is 6.16. The van der Waals surface area contributed by atoms with Gasteiger partial charge in [-0.15, -0.1) is 0 Å². The number of thiazole rings is 1. The van der Waals surface area contributed by atoms with Gasteiger partial charge in [-0.25, -0.2) is 14.2 Å². The van der Waals surface area contributed by atoms with Crippen molar-refractivity contribution in [2.45, 2.75) is 26.8 Å². The minimum atomic E-state index is -1.04. The molecule has 1 aliphatic rings. The summed E-state index contributed by atoms with van der Waals surface area (Å²) in [4.78, 5) is 42.6. The second-order valence-electron chi connectivity index (χ2n) is 7.46. The minimum Gasteiger partial charge on any atom is -0.463 e. The molecule has 2 heterocycles. The van der Waals surface area contributed by atoms with Crippen molar-refractivity contribution in [1.29, 1.82) is 0 Å². The van der Waals surface area contributed by atoms with E-state index in [-0.39, 0.29) is 22.3 Å². The van der Waals surface area contributed by atoms with Gasteiger partial charge in [0.1, 0.15) is 17.6 Å². The lowest BCUT2D eigenvalue weighted by Crippen LogP contribution is -2.40. The smallest absolute Gasteiger partial charge is 0.338 e. The van der Waals surface area contributed by atoms with Crippen molar-refractivity contribution in [2.75, 3.05) is 6.61 Å². The number of halogens is 1. The number of allylic oxidation sites excluding steroid dienone is 1. The fourth-order valence-electron chi connectivity index (χ4n) is 3.77. The fraction of sp³-hybridized carbons (Fsp3) is 0.200. The van der Waals surface area contributed by atoms with E-state index in [4.69, 9.17) is 9.47 Å². The first-order chi connectivity index (χ1) is 16.3. The molecule has 0 amide bonds. The van der Waals surface area contributed by atoms with Gasteiger partial charge in [0.2, 0.25) is 0 Å². The Bertz CT molecular complexity index is 1500. The molecule has 0 aliphatic carbocycles. The maximum Gasteiger partial charge on any atom is 0.338 e. The van der Waals surface area contributed by atoms with Crippen LogP contribution in [0.4, 0.5) is 4.39 Å². The van der Waals surface area contributed by atoms with Gasteiger partial charge in [-0.3, -0.25) is 14.2 Å². The first kappa shape index (κ1) is 23.3. The molecule has 1 atom stereocenters. The molecule has 1 aliphatic heterocycles. The average Bonchev–Trinajstić information content (AvgIpc) is 3.09. The number of fused-ring (bicyclic) bond motifs is 1. The van der Waals surface area contributed by atoms with E-state index in [0.717, 1.165) is 11.3 Å². The second kappa shape index (κ2) is 9.56. The van der Waals surface area contributed by atoms with Gasteiger partial charge < -0.3 is 9.47 Å². The summed E-state index contributed by atoms with van der Waals surface area (Å²) in [5.74, 6) is -1.41. The van der Waals surface area contributed by atoms with Crippen LogP contribution in [-0.2, 0) is 14.3 Å². The van der Waals surface area contributed by atoms with Crippen LogP contribution in [0.1, 0.15) is 37.9 Å². The topological polar surface area (TPSA) is 87.0 Å². The van der Waals surface area contributed by atoms with Crippen LogP contribution >= 0.6 is 11.3 Å². The number of carbonyl (C=O) groups is 2. The molecule has 0 fully saturated rings. The number of hydrogen-bond acceptors (Lipinski definition) is 7. The Morgan fingerprint density at radius 1 is 1.18 bits per heavy atom. The van der Waals surface area contributed by atoms with Crippen molar-refractivity contribution in [3.63, 3.8) is 0 Å². The first-order valence-electron chi connectivity index (χ1n) is 10.5. The molecule has 0 saturated heterocycles. The maximum absolute atomic E-state index is 14.9. The highest BCUT2D eigenvalue weighted by Crippen LogP contribution is 2.32. The van der Waals surface area contributed by atoms with Crippen LogP contribution in [0.25, 0.3) is 6.08 Å². The minimum absolute atomic E-state index is 0.103. The lowest BCUT2D eigenvalue weighted by molar-refractivity contribution is -0.139. The van der Waals surface area contributed by atoms with Gasteiger partial charge in [-0.1, -0.05) is 47.7 Å². The molecule has 4 rings (SSSR count). The zero-order valence-corrected chi connectivity index (χ0v) is 19.5.